The van der Waals surface area contributed by atoms with Gasteiger partial charge in [-0.05, 0) is 107 Å². The number of thiophene rings is 1. The van der Waals surface area contributed by atoms with Gasteiger partial charge in [-0.3, -0.25) is 0 Å². The monoisotopic (exact) mass is 758 g/mol. The normalized spacial score (nSPS) is 14.3. The molecule has 0 spiro atoms. The minimum atomic E-state index is -0.646. The van der Waals surface area contributed by atoms with Gasteiger partial charge in [0.05, 0.1) is 11.1 Å². The second-order valence-corrected chi connectivity index (χ2v) is 16.0. The van der Waals surface area contributed by atoms with Gasteiger partial charge in [-0.15, -0.1) is 11.3 Å². The van der Waals surface area contributed by atoms with E-state index in [0.29, 0.717) is 0 Å². The molecule has 2 nitrogen and oxygen atoms in total. The highest BCUT2D eigenvalue weighted by Gasteiger charge is 2.48. The van der Waals surface area contributed by atoms with Crippen molar-refractivity contribution in [1.82, 2.24) is 0 Å². The number of benzene rings is 9. The number of nitrogens with zero attached hydrogens (tertiary/aromatic N) is 2. The highest BCUT2D eigenvalue weighted by molar-refractivity contribution is 7.25. The Kier molecular flexibility index (Phi) is 8.27. The molecule has 274 valence electrons. The number of rotatable bonds is 8. The van der Waals surface area contributed by atoms with Crippen molar-refractivity contribution in [2.24, 2.45) is 0 Å². The quantitative estimate of drug-likeness (QED) is 0.152. The molecule has 1 atom stereocenters. The fourth-order valence-corrected chi connectivity index (χ4v) is 10.4. The van der Waals surface area contributed by atoms with E-state index in [1.165, 1.54) is 53.6 Å². The Bertz CT molecular complexity index is 2970. The molecule has 0 saturated carbocycles. The van der Waals surface area contributed by atoms with Gasteiger partial charge in [0.1, 0.15) is 0 Å². The lowest BCUT2D eigenvalue weighted by atomic mass is 9.67. The number of anilines is 6. The summed E-state index contributed by atoms with van der Waals surface area (Å²) in [4.78, 5) is 4.86. The highest BCUT2D eigenvalue weighted by atomic mass is 32.1. The van der Waals surface area contributed by atoms with Crippen molar-refractivity contribution >= 4 is 65.6 Å². The summed E-state index contributed by atoms with van der Waals surface area (Å²) in [5.41, 5.74) is 13.4. The predicted molar refractivity (Wildman–Crippen MR) is 246 cm³/mol. The van der Waals surface area contributed by atoms with Crippen LogP contribution in [0.5, 0.6) is 0 Å². The summed E-state index contributed by atoms with van der Waals surface area (Å²) < 4.78 is 2.61. The van der Waals surface area contributed by atoms with E-state index >= 15 is 0 Å². The SMILES string of the molecule is c1ccc(N(c2ccccc2)c2cc(N(c3ccccc3)c3ccccc3)c3c(c2)C(c2ccccc2)(c2ccc4sc5ccccc5c4c2)c2ccccc2-3)cc1. The smallest absolute Gasteiger partial charge is 0.0715 e. The van der Waals surface area contributed by atoms with E-state index in [2.05, 4.69) is 240 Å². The van der Waals surface area contributed by atoms with Crippen LogP contribution in [-0.2, 0) is 5.41 Å². The molecule has 11 rings (SSSR count). The zero-order valence-electron chi connectivity index (χ0n) is 31.7. The van der Waals surface area contributed by atoms with Crippen molar-refractivity contribution in [1.29, 1.82) is 0 Å². The van der Waals surface area contributed by atoms with Gasteiger partial charge in [0.25, 0.3) is 0 Å². The molecule has 0 amide bonds. The van der Waals surface area contributed by atoms with E-state index in [1.807, 2.05) is 11.3 Å². The van der Waals surface area contributed by atoms with Gasteiger partial charge in [0.15, 0.2) is 0 Å². The van der Waals surface area contributed by atoms with Gasteiger partial charge < -0.3 is 9.80 Å². The average molecular weight is 759 g/mol. The van der Waals surface area contributed by atoms with Crippen molar-refractivity contribution in [3.05, 3.63) is 253 Å². The Morgan fingerprint density at radius 3 is 1.45 bits per heavy atom. The van der Waals surface area contributed by atoms with Crippen LogP contribution >= 0.6 is 11.3 Å². The van der Waals surface area contributed by atoms with Gasteiger partial charge in [-0.1, -0.05) is 152 Å². The third-order valence-electron chi connectivity index (χ3n) is 11.7. The summed E-state index contributed by atoms with van der Waals surface area (Å²) in [6, 6.07) is 84.4. The Labute approximate surface area is 343 Å². The fourth-order valence-electron chi connectivity index (χ4n) is 9.29. The van der Waals surface area contributed by atoms with Crippen molar-refractivity contribution in [3.63, 3.8) is 0 Å². The first kappa shape index (κ1) is 34.1. The molecule has 0 radical (unpaired) electrons. The summed E-state index contributed by atoms with van der Waals surface area (Å²) in [6.07, 6.45) is 0. The van der Waals surface area contributed by atoms with Crippen LogP contribution in [0.25, 0.3) is 31.3 Å². The fraction of sp³-hybridized carbons (Fsp3) is 0.0182. The molecule has 1 aromatic heterocycles. The van der Waals surface area contributed by atoms with Crippen molar-refractivity contribution in [2.75, 3.05) is 9.80 Å². The van der Waals surface area contributed by atoms with E-state index in [1.54, 1.807) is 0 Å². The molecule has 3 heteroatoms. The van der Waals surface area contributed by atoms with E-state index in [9.17, 15) is 0 Å². The van der Waals surface area contributed by atoms with Crippen LogP contribution in [0.4, 0.5) is 34.1 Å². The first-order valence-corrected chi connectivity index (χ1v) is 20.7. The van der Waals surface area contributed by atoms with Crippen LogP contribution in [0.3, 0.4) is 0 Å². The second kappa shape index (κ2) is 14.1. The van der Waals surface area contributed by atoms with Crippen molar-refractivity contribution < 1.29 is 0 Å². The van der Waals surface area contributed by atoms with Gasteiger partial charge >= 0.3 is 0 Å². The maximum absolute atomic E-state index is 2.48. The van der Waals surface area contributed by atoms with Crippen LogP contribution in [0, 0.1) is 0 Å². The zero-order valence-corrected chi connectivity index (χ0v) is 32.6. The average Bonchev–Trinajstić information content (AvgIpc) is 3.82. The molecule has 1 aliphatic carbocycles. The Hall–Kier alpha value is -7.20. The zero-order chi connectivity index (χ0) is 38.5. The Morgan fingerprint density at radius 1 is 0.328 bits per heavy atom. The van der Waals surface area contributed by atoms with E-state index in [4.69, 9.17) is 0 Å². The van der Waals surface area contributed by atoms with Crippen LogP contribution in [0.1, 0.15) is 22.3 Å². The first-order valence-electron chi connectivity index (χ1n) is 19.9. The van der Waals surface area contributed by atoms with Crippen LogP contribution in [-0.4, -0.2) is 0 Å². The summed E-state index contributed by atoms with van der Waals surface area (Å²) >= 11 is 1.87. The van der Waals surface area contributed by atoms with Gasteiger partial charge in [-0.2, -0.15) is 0 Å². The number of hydrogen-bond acceptors (Lipinski definition) is 3. The Morgan fingerprint density at radius 2 is 0.828 bits per heavy atom. The molecule has 1 heterocycles. The van der Waals surface area contributed by atoms with E-state index < -0.39 is 5.41 Å². The van der Waals surface area contributed by atoms with E-state index in [0.717, 1.165) is 34.1 Å². The minimum absolute atomic E-state index is 0.646. The summed E-state index contributed by atoms with van der Waals surface area (Å²) in [6.45, 7) is 0. The van der Waals surface area contributed by atoms with Crippen molar-refractivity contribution in [2.45, 2.75) is 5.41 Å². The molecule has 0 fully saturated rings. The topological polar surface area (TPSA) is 6.48 Å². The second-order valence-electron chi connectivity index (χ2n) is 14.9. The van der Waals surface area contributed by atoms with E-state index in [-0.39, 0.29) is 0 Å². The molecule has 0 bridgehead atoms. The maximum Gasteiger partial charge on any atom is 0.0715 e. The standard InChI is InChI=1S/C55H38N2S/c1-6-20-39(21-7-1)55(40-34-35-53-48(36-40)46-30-17-19-33-52(46)58-53)49-32-18-16-31-47(49)54-50(55)37-45(56(41-22-8-2-9-23-41)42-24-10-3-11-25-42)38-51(54)57(43-26-12-4-13-27-43)44-28-14-5-15-29-44/h1-38H. The predicted octanol–water partition coefficient (Wildman–Crippen LogP) is 15.4. The molecule has 1 aliphatic rings. The summed E-state index contributed by atoms with van der Waals surface area (Å²) in [5, 5.41) is 2.59. The first-order chi connectivity index (χ1) is 28.8. The lowest BCUT2D eigenvalue weighted by Gasteiger charge is -2.36. The molecule has 0 aliphatic heterocycles. The largest absolute Gasteiger partial charge is 0.310 e. The molecule has 1 unspecified atom stereocenters. The maximum atomic E-state index is 2.48. The lowest BCUT2D eigenvalue weighted by Crippen LogP contribution is -2.29. The third kappa shape index (κ3) is 5.39. The third-order valence-corrected chi connectivity index (χ3v) is 12.8. The molecule has 58 heavy (non-hydrogen) atoms. The van der Waals surface area contributed by atoms with Crippen LogP contribution in [0.15, 0.2) is 231 Å². The molecule has 0 N–H and O–H groups in total. The molecule has 10 aromatic rings. The van der Waals surface area contributed by atoms with Gasteiger partial charge in [-0.25, -0.2) is 0 Å². The molecule has 0 saturated heterocycles. The molecule has 9 aromatic carbocycles. The number of hydrogen-bond donors (Lipinski definition) is 0. The summed E-state index contributed by atoms with van der Waals surface area (Å²) in [5.74, 6) is 0. The summed E-state index contributed by atoms with van der Waals surface area (Å²) in [7, 11) is 0. The molecular formula is C55H38N2S. The van der Waals surface area contributed by atoms with Crippen LogP contribution < -0.4 is 9.80 Å². The van der Waals surface area contributed by atoms with Gasteiger partial charge in [0, 0.05) is 54.2 Å². The Balaban J connectivity index is 1.32. The van der Waals surface area contributed by atoms with Crippen LogP contribution in [0.2, 0.25) is 0 Å². The number of para-hydroxylation sites is 4. The van der Waals surface area contributed by atoms with Gasteiger partial charge in [0.2, 0.25) is 0 Å². The lowest BCUT2D eigenvalue weighted by molar-refractivity contribution is 0.770. The van der Waals surface area contributed by atoms with Crippen molar-refractivity contribution in [3.8, 4) is 11.1 Å². The number of fused-ring (bicyclic) bond motifs is 6. The minimum Gasteiger partial charge on any atom is -0.310 e. The molecular weight excluding hydrogens is 721 g/mol. The highest BCUT2D eigenvalue weighted by Crippen LogP contribution is 2.61.